The van der Waals surface area contributed by atoms with Gasteiger partial charge in [-0.2, -0.15) is 13.2 Å². The molecule has 8 nitrogen and oxygen atoms in total. The Kier molecular flexibility index (Phi) is 5.59. The van der Waals surface area contributed by atoms with Crippen LogP contribution in [0.15, 0.2) is 6.20 Å². The molecule has 1 aliphatic heterocycles. The van der Waals surface area contributed by atoms with Gasteiger partial charge < -0.3 is 10.0 Å². The molecule has 30 heavy (non-hydrogen) atoms. The number of alkyl halides is 3. The summed E-state index contributed by atoms with van der Waals surface area (Å²) in [5.41, 5.74) is 0.146. The lowest BCUT2D eigenvalue weighted by atomic mass is 9.89. The number of carboxylic acid groups (broad SMARTS) is 1. The van der Waals surface area contributed by atoms with Crippen LogP contribution >= 0.6 is 0 Å². The maximum absolute atomic E-state index is 13.8. The van der Waals surface area contributed by atoms with E-state index in [-0.39, 0.29) is 24.3 Å². The van der Waals surface area contributed by atoms with Crippen LogP contribution in [0.1, 0.15) is 44.9 Å². The Hall–Kier alpha value is -2.59. The van der Waals surface area contributed by atoms with E-state index in [4.69, 9.17) is 0 Å². The molecular formula is C19H25F3N4O4. The molecule has 3 rings (SSSR count). The van der Waals surface area contributed by atoms with Crippen LogP contribution in [-0.4, -0.2) is 56.9 Å². The van der Waals surface area contributed by atoms with Gasteiger partial charge in [-0.3, -0.25) is 20.0 Å². The second-order valence-electron chi connectivity index (χ2n) is 8.88. The Bertz CT molecular complexity index is 853. The standard InChI is InChI=1S/C19H25F3N4O4/c1-18(2,3)25(17(27)28)12-7-11(19(20,21)22)9-24(10-12)16-13-5-4-6-14(13)23-8-15(16)26(29)30/h8,11-12H,4-7,9-10H2,1-3H3,(H,27,28). The number of aryl methyl sites for hydroxylation is 1. The Balaban J connectivity index is 2.10. The van der Waals surface area contributed by atoms with Crippen molar-refractivity contribution >= 4 is 17.5 Å². The number of halogens is 3. The summed E-state index contributed by atoms with van der Waals surface area (Å²) in [4.78, 5) is 29.4. The summed E-state index contributed by atoms with van der Waals surface area (Å²) in [5, 5.41) is 21.4. The number of amides is 1. The first-order chi connectivity index (χ1) is 13.8. The van der Waals surface area contributed by atoms with Gasteiger partial charge in [-0.1, -0.05) is 0 Å². The molecule has 0 spiro atoms. The summed E-state index contributed by atoms with van der Waals surface area (Å²) in [6.07, 6.45) is -3.31. The fraction of sp³-hybridized carbons (Fsp3) is 0.684. The first-order valence-electron chi connectivity index (χ1n) is 9.79. The SMILES string of the molecule is CC(C)(C)N(C(=O)O)C1CC(C(F)(F)F)CN(c2c([N+](=O)[O-])cnc3c2CCC3)C1. The number of hydrogen-bond donors (Lipinski definition) is 1. The van der Waals surface area contributed by atoms with Crippen molar-refractivity contribution in [2.24, 2.45) is 5.92 Å². The van der Waals surface area contributed by atoms with Crippen molar-refractivity contribution in [3.05, 3.63) is 27.6 Å². The van der Waals surface area contributed by atoms with Gasteiger partial charge in [0.2, 0.25) is 0 Å². The fourth-order valence-electron chi connectivity index (χ4n) is 4.64. The first kappa shape index (κ1) is 22.1. The zero-order chi connectivity index (χ0) is 22.4. The van der Waals surface area contributed by atoms with Gasteiger partial charge in [0.15, 0.2) is 0 Å². The highest BCUT2D eigenvalue weighted by Gasteiger charge is 2.49. The molecule has 1 aliphatic carbocycles. The van der Waals surface area contributed by atoms with E-state index in [9.17, 15) is 33.2 Å². The van der Waals surface area contributed by atoms with Crippen LogP contribution in [0.25, 0.3) is 0 Å². The van der Waals surface area contributed by atoms with Gasteiger partial charge in [-0.25, -0.2) is 4.79 Å². The van der Waals surface area contributed by atoms with E-state index in [1.165, 1.54) is 4.90 Å². The van der Waals surface area contributed by atoms with Crippen LogP contribution in [0.3, 0.4) is 0 Å². The Morgan fingerprint density at radius 1 is 1.30 bits per heavy atom. The van der Waals surface area contributed by atoms with Crippen molar-refractivity contribution in [1.29, 1.82) is 0 Å². The monoisotopic (exact) mass is 430 g/mol. The molecule has 1 fully saturated rings. The minimum Gasteiger partial charge on any atom is -0.465 e. The fourth-order valence-corrected chi connectivity index (χ4v) is 4.64. The summed E-state index contributed by atoms with van der Waals surface area (Å²) in [5.74, 6) is -1.80. The minimum absolute atomic E-state index is 0.0482. The van der Waals surface area contributed by atoms with Crippen LogP contribution < -0.4 is 4.90 Å². The third-order valence-electron chi connectivity index (χ3n) is 5.76. The molecule has 166 valence electrons. The van der Waals surface area contributed by atoms with Gasteiger partial charge in [0.25, 0.3) is 0 Å². The maximum Gasteiger partial charge on any atom is 0.408 e. The van der Waals surface area contributed by atoms with Crippen molar-refractivity contribution in [3.8, 4) is 0 Å². The molecule has 1 aromatic rings. The van der Waals surface area contributed by atoms with Crippen LogP contribution in [0, 0.1) is 16.0 Å². The van der Waals surface area contributed by atoms with Crippen LogP contribution in [0.2, 0.25) is 0 Å². The molecule has 1 saturated heterocycles. The minimum atomic E-state index is -4.55. The highest BCUT2D eigenvalue weighted by atomic mass is 19.4. The molecule has 1 amide bonds. The Morgan fingerprint density at radius 3 is 2.50 bits per heavy atom. The van der Waals surface area contributed by atoms with Gasteiger partial charge in [-0.05, 0) is 46.5 Å². The molecule has 2 atom stereocenters. The molecule has 0 saturated carbocycles. The highest BCUT2D eigenvalue weighted by molar-refractivity contribution is 5.70. The molecule has 1 aromatic heterocycles. The van der Waals surface area contributed by atoms with E-state index in [0.717, 1.165) is 17.5 Å². The Labute approximate surface area is 171 Å². The lowest BCUT2D eigenvalue weighted by Gasteiger charge is -2.47. The second kappa shape index (κ2) is 7.59. The van der Waals surface area contributed by atoms with E-state index >= 15 is 0 Å². The van der Waals surface area contributed by atoms with Crippen molar-refractivity contribution in [2.75, 3.05) is 18.0 Å². The number of pyridine rings is 1. The van der Waals surface area contributed by atoms with Crippen LogP contribution in [0.5, 0.6) is 0 Å². The zero-order valence-corrected chi connectivity index (χ0v) is 17.1. The van der Waals surface area contributed by atoms with Gasteiger partial charge in [0, 0.05) is 29.9 Å². The van der Waals surface area contributed by atoms with E-state index in [2.05, 4.69) is 4.98 Å². The lowest BCUT2D eigenvalue weighted by molar-refractivity contribution is -0.384. The number of hydrogen-bond acceptors (Lipinski definition) is 5. The van der Waals surface area contributed by atoms with Crippen LogP contribution in [0.4, 0.5) is 29.3 Å². The van der Waals surface area contributed by atoms with Crippen molar-refractivity contribution in [1.82, 2.24) is 9.88 Å². The topological polar surface area (TPSA) is 99.8 Å². The van der Waals surface area contributed by atoms with Gasteiger partial charge in [0.05, 0.1) is 16.9 Å². The number of nitro groups is 1. The molecule has 2 unspecified atom stereocenters. The van der Waals surface area contributed by atoms with Gasteiger partial charge >= 0.3 is 18.0 Å². The maximum atomic E-state index is 13.8. The number of rotatable bonds is 3. The summed E-state index contributed by atoms with van der Waals surface area (Å²) < 4.78 is 41.3. The summed E-state index contributed by atoms with van der Waals surface area (Å²) in [7, 11) is 0. The van der Waals surface area contributed by atoms with Gasteiger partial charge in [-0.15, -0.1) is 0 Å². The first-order valence-corrected chi connectivity index (χ1v) is 9.79. The summed E-state index contributed by atoms with van der Waals surface area (Å²) >= 11 is 0. The summed E-state index contributed by atoms with van der Waals surface area (Å²) in [6, 6.07) is -0.965. The number of anilines is 1. The lowest BCUT2D eigenvalue weighted by Crippen LogP contribution is -2.60. The van der Waals surface area contributed by atoms with Crippen molar-refractivity contribution < 1.29 is 28.0 Å². The smallest absolute Gasteiger partial charge is 0.408 e. The van der Waals surface area contributed by atoms with Gasteiger partial charge in [0.1, 0.15) is 11.9 Å². The highest BCUT2D eigenvalue weighted by Crippen LogP contribution is 2.43. The third kappa shape index (κ3) is 4.15. The number of aromatic nitrogens is 1. The molecule has 11 heteroatoms. The van der Waals surface area contributed by atoms with E-state index < -0.39 is 41.2 Å². The summed E-state index contributed by atoms with van der Waals surface area (Å²) in [6.45, 7) is 4.36. The van der Waals surface area contributed by atoms with Crippen LogP contribution in [-0.2, 0) is 12.8 Å². The quantitative estimate of drug-likeness (QED) is 0.574. The predicted octanol–water partition coefficient (Wildman–Crippen LogP) is 4.01. The molecule has 2 aliphatic rings. The molecular weight excluding hydrogens is 405 g/mol. The normalized spacial score (nSPS) is 22.0. The molecule has 2 heterocycles. The van der Waals surface area contributed by atoms with E-state index in [0.29, 0.717) is 24.1 Å². The molecule has 0 radical (unpaired) electrons. The second-order valence-corrected chi connectivity index (χ2v) is 8.88. The number of nitrogens with zero attached hydrogens (tertiary/aromatic N) is 4. The Morgan fingerprint density at radius 2 is 1.97 bits per heavy atom. The zero-order valence-electron chi connectivity index (χ0n) is 17.1. The largest absolute Gasteiger partial charge is 0.465 e. The molecule has 1 N–H and O–H groups in total. The molecule has 0 aromatic carbocycles. The predicted molar refractivity (Wildman–Crippen MR) is 103 cm³/mol. The van der Waals surface area contributed by atoms with Crippen molar-refractivity contribution in [3.63, 3.8) is 0 Å². The third-order valence-corrected chi connectivity index (χ3v) is 5.76. The number of fused-ring (bicyclic) bond motifs is 1. The molecule has 0 bridgehead atoms. The average Bonchev–Trinajstić information content (AvgIpc) is 3.06. The average molecular weight is 430 g/mol. The number of carbonyl (C=O) groups is 1. The van der Waals surface area contributed by atoms with E-state index in [1.807, 2.05) is 0 Å². The van der Waals surface area contributed by atoms with E-state index in [1.54, 1.807) is 20.8 Å². The van der Waals surface area contributed by atoms with Crippen molar-refractivity contribution in [2.45, 2.75) is 64.2 Å². The number of piperidine rings is 1.